The van der Waals surface area contributed by atoms with Crippen LogP contribution in [0.1, 0.15) is 25.0 Å². The molecule has 6 heteroatoms. The highest BCUT2D eigenvalue weighted by molar-refractivity contribution is 5.66. The van der Waals surface area contributed by atoms with E-state index in [9.17, 15) is 15.2 Å². The van der Waals surface area contributed by atoms with Gasteiger partial charge in [-0.25, -0.2) is 0 Å². The van der Waals surface area contributed by atoms with Gasteiger partial charge in [0.05, 0.1) is 11.0 Å². The number of aliphatic hydroxyl groups is 1. The number of hydrogen-bond donors (Lipinski definition) is 1. The average molecular weight is 364 g/mol. The van der Waals surface area contributed by atoms with E-state index in [0.29, 0.717) is 12.2 Å². The van der Waals surface area contributed by atoms with E-state index in [0.717, 1.165) is 16.7 Å². The summed E-state index contributed by atoms with van der Waals surface area (Å²) in [5.74, 6) is 0.652. The summed E-state index contributed by atoms with van der Waals surface area (Å²) in [6.07, 6.45) is 3.03. The first kappa shape index (κ1) is 18.5. The van der Waals surface area contributed by atoms with E-state index in [2.05, 4.69) is 4.98 Å². The van der Waals surface area contributed by atoms with E-state index in [1.807, 2.05) is 42.5 Å². The predicted molar refractivity (Wildman–Crippen MR) is 102 cm³/mol. The molecule has 27 heavy (non-hydrogen) atoms. The van der Waals surface area contributed by atoms with Gasteiger partial charge in [0.25, 0.3) is 5.69 Å². The third-order valence-corrected chi connectivity index (χ3v) is 4.13. The van der Waals surface area contributed by atoms with E-state index in [4.69, 9.17) is 4.74 Å². The Bertz CT molecular complexity index is 896. The molecule has 0 aliphatic heterocycles. The number of pyridine rings is 1. The number of aromatic nitrogens is 1. The van der Waals surface area contributed by atoms with Crippen LogP contribution in [-0.4, -0.2) is 21.1 Å². The van der Waals surface area contributed by atoms with E-state index >= 15 is 0 Å². The number of nitro benzene ring substituents is 1. The third kappa shape index (κ3) is 4.89. The summed E-state index contributed by atoms with van der Waals surface area (Å²) in [6.45, 7) is 1.72. The van der Waals surface area contributed by atoms with Crippen LogP contribution >= 0.6 is 0 Å². The fourth-order valence-electron chi connectivity index (χ4n) is 2.82. The Morgan fingerprint density at radius 1 is 1.11 bits per heavy atom. The van der Waals surface area contributed by atoms with Crippen molar-refractivity contribution in [2.75, 3.05) is 0 Å². The van der Waals surface area contributed by atoms with Gasteiger partial charge in [-0.3, -0.25) is 15.1 Å². The van der Waals surface area contributed by atoms with Gasteiger partial charge in [-0.2, -0.15) is 0 Å². The largest absolute Gasteiger partial charge is 0.486 e. The molecule has 0 radical (unpaired) electrons. The standard InChI is InChI=1S/C21H20N2O4/c1-15(24)12-21(18-5-3-11-22-14-18)27-20-9-7-16(8-10-20)17-4-2-6-19(13-17)23(25)26/h2-11,13-15,21,24H,12H2,1H3. The molecule has 3 rings (SSSR count). The molecule has 1 heterocycles. The summed E-state index contributed by atoms with van der Waals surface area (Å²) in [6, 6.07) is 17.6. The monoisotopic (exact) mass is 364 g/mol. The summed E-state index contributed by atoms with van der Waals surface area (Å²) >= 11 is 0. The molecule has 138 valence electrons. The van der Waals surface area contributed by atoms with Gasteiger partial charge in [0.15, 0.2) is 0 Å². The molecule has 6 nitrogen and oxygen atoms in total. The Morgan fingerprint density at radius 3 is 2.52 bits per heavy atom. The Labute approximate surface area is 157 Å². The number of non-ortho nitro benzene ring substituents is 1. The highest BCUT2D eigenvalue weighted by Gasteiger charge is 2.16. The molecule has 0 saturated heterocycles. The second-order valence-corrected chi connectivity index (χ2v) is 6.31. The Morgan fingerprint density at radius 2 is 1.89 bits per heavy atom. The van der Waals surface area contributed by atoms with Crippen molar-refractivity contribution in [2.45, 2.75) is 25.6 Å². The first-order chi connectivity index (χ1) is 13.0. The normalized spacial score (nSPS) is 13.0. The number of nitrogens with zero attached hydrogens (tertiary/aromatic N) is 2. The maximum atomic E-state index is 10.9. The van der Waals surface area contributed by atoms with Crippen molar-refractivity contribution in [3.05, 3.63) is 88.7 Å². The zero-order chi connectivity index (χ0) is 19.2. The zero-order valence-electron chi connectivity index (χ0n) is 14.9. The number of nitro groups is 1. The fourth-order valence-corrected chi connectivity index (χ4v) is 2.82. The molecule has 0 amide bonds. The third-order valence-electron chi connectivity index (χ3n) is 4.13. The van der Waals surface area contributed by atoms with Gasteiger partial charge >= 0.3 is 0 Å². The lowest BCUT2D eigenvalue weighted by atomic mass is 10.0. The van der Waals surface area contributed by atoms with Crippen molar-refractivity contribution in [1.82, 2.24) is 4.98 Å². The minimum absolute atomic E-state index is 0.0569. The highest BCUT2D eigenvalue weighted by Crippen LogP contribution is 2.29. The molecule has 0 aliphatic carbocycles. The molecule has 1 aromatic heterocycles. The van der Waals surface area contributed by atoms with Gasteiger partial charge in [0.1, 0.15) is 11.9 Å². The average Bonchev–Trinajstić information content (AvgIpc) is 2.68. The number of benzene rings is 2. The summed E-state index contributed by atoms with van der Waals surface area (Å²) in [5, 5.41) is 20.7. The van der Waals surface area contributed by atoms with Crippen LogP contribution in [0.2, 0.25) is 0 Å². The van der Waals surface area contributed by atoms with E-state index in [1.54, 1.807) is 31.5 Å². The number of hydrogen-bond acceptors (Lipinski definition) is 5. The van der Waals surface area contributed by atoms with Gasteiger partial charge < -0.3 is 9.84 Å². The molecule has 1 N–H and O–H groups in total. The van der Waals surface area contributed by atoms with E-state index in [-0.39, 0.29) is 11.8 Å². The molecule has 3 aromatic rings. The first-order valence-electron chi connectivity index (χ1n) is 8.62. The molecule has 0 spiro atoms. The lowest BCUT2D eigenvalue weighted by molar-refractivity contribution is -0.384. The van der Waals surface area contributed by atoms with Crippen molar-refractivity contribution < 1.29 is 14.8 Å². The molecular formula is C21H20N2O4. The van der Waals surface area contributed by atoms with Gasteiger partial charge in [-0.1, -0.05) is 30.3 Å². The Hall–Kier alpha value is -3.25. The fraction of sp³-hybridized carbons (Fsp3) is 0.190. The van der Waals surface area contributed by atoms with Crippen LogP contribution in [0.4, 0.5) is 5.69 Å². The summed E-state index contributed by atoms with van der Waals surface area (Å²) in [7, 11) is 0. The number of rotatable bonds is 7. The van der Waals surface area contributed by atoms with Crippen LogP contribution in [0.5, 0.6) is 5.75 Å². The van der Waals surface area contributed by atoms with Crippen molar-refractivity contribution in [3.8, 4) is 16.9 Å². The van der Waals surface area contributed by atoms with Crippen molar-refractivity contribution in [3.63, 3.8) is 0 Å². The molecular weight excluding hydrogens is 344 g/mol. The van der Waals surface area contributed by atoms with Gasteiger partial charge in [-0.15, -0.1) is 0 Å². The van der Waals surface area contributed by atoms with Crippen molar-refractivity contribution in [2.24, 2.45) is 0 Å². The van der Waals surface area contributed by atoms with Crippen LogP contribution in [0.15, 0.2) is 73.1 Å². The molecule has 0 bridgehead atoms. The van der Waals surface area contributed by atoms with E-state index < -0.39 is 11.0 Å². The Balaban J connectivity index is 1.80. The summed E-state index contributed by atoms with van der Waals surface area (Å²) < 4.78 is 6.06. The molecule has 0 aliphatic rings. The molecule has 2 unspecified atom stereocenters. The molecule has 0 saturated carbocycles. The lowest BCUT2D eigenvalue weighted by Gasteiger charge is -2.21. The van der Waals surface area contributed by atoms with Gasteiger partial charge in [-0.05, 0) is 36.2 Å². The zero-order valence-corrected chi connectivity index (χ0v) is 14.9. The van der Waals surface area contributed by atoms with Gasteiger partial charge in [0, 0.05) is 36.5 Å². The second-order valence-electron chi connectivity index (χ2n) is 6.31. The molecule has 0 fully saturated rings. The minimum atomic E-state index is -0.514. The smallest absolute Gasteiger partial charge is 0.270 e. The SMILES string of the molecule is CC(O)CC(Oc1ccc(-c2cccc([N+](=O)[O-])c2)cc1)c1cccnc1. The topological polar surface area (TPSA) is 85.5 Å². The van der Waals surface area contributed by atoms with Crippen molar-refractivity contribution in [1.29, 1.82) is 0 Å². The maximum absolute atomic E-state index is 10.9. The van der Waals surface area contributed by atoms with Crippen LogP contribution in [0.3, 0.4) is 0 Å². The van der Waals surface area contributed by atoms with Crippen LogP contribution in [0, 0.1) is 10.1 Å². The first-order valence-corrected chi connectivity index (χ1v) is 8.62. The second kappa shape index (κ2) is 8.42. The van der Waals surface area contributed by atoms with Crippen LogP contribution < -0.4 is 4.74 Å². The highest BCUT2D eigenvalue weighted by atomic mass is 16.6. The van der Waals surface area contributed by atoms with Crippen LogP contribution in [0.25, 0.3) is 11.1 Å². The van der Waals surface area contributed by atoms with Gasteiger partial charge in [0.2, 0.25) is 0 Å². The summed E-state index contributed by atoms with van der Waals surface area (Å²) in [4.78, 5) is 14.6. The number of aliphatic hydroxyl groups excluding tert-OH is 1. The Kier molecular flexibility index (Phi) is 5.78. The number of ether oxygens (including phenoxy) is 1. The van der Waals surface area contributed by atoms with E-state index in [1.165, 1.54) is 6.07 Å². The lowest BCUT2D eigenvalue weighted by Crippen LogP contribution is -2.14. The summed E-state index contributed by atoms with van der Waals surface area (Å²) in [5.41, 5.74) is 2.57. The molecule has 2 aromatic carbocycles. The van der Waals surface area contributed by atoms with Crippen molar-refractivity contribution >= 4 is 5.69 Å². The maximum Gasteiger partial charge on any atom is 0.270 e. The predicted octanol–water partition coefficient (Wildman–Crippen LogP) is 4.55. The molecule has 2 atom stereocenters. The van der Waals surface area contributed by atoms with Crippen LogP contribution in [-0.2, 0) is 0 Å². The quantitative estimate of drug-likeness (QED) is 0.491. The minimum Gasteiger partial charge on any atom is -0.486 e.